The van der Waals surface area contributed by atoms with Crippen LogP contribution in [-0.2, 0) is 0 Å². The van der Waals surface area contributed by atoms with E-state index in [9.17, 15) is 9.59 Å². The number of carbonyl (C=O) groups is 1. The predicted octanol–water partition coefficient (Wildman–Crippen LogP) is 3.14. The van der Waals surface area contributed by atoms with Crippen LogP contribution in [0.2, 0.25) is 0 Å². The molecule has 0 unspecified atom stereocenters. The fraction of sp³-hybridized carbons (Fsp3) is 0.409. The van der Waals surface area contributed by atoms with E-state index in [4.69, 9.17) is 4.42 Å². The van der Waals surface area contributed by atoms with Gasteiger partial charge in [0.15, 0.2) is 5.69 Å². The largest absolute Gasteiger partial charge is 0.468 e. The number of carbonyl (C=O) groups excluding carboxylic acids is 1. The Bertz CT molecular complexity index is 1050. The number of hydrogen-bond donors (Lipinski definition) is 1. The lowest BCUT2D eigenvalue weighted by molar-refractivity contribution is 0.0928. The van der Waals surface area contributed by atoms with E-state index in [1.165, 1.54) is 4.68 Å². The third-order valence-corrected chi connectivity index (χ3v) is 5.44. The van der Waals surface area contributed by atoms with E-state index >= 15 is 0 Å². The zero-order valence-electron chi connectivity index (χ0n) is 16.8. The van der Waals surface area contributed by atoms with Crippen molar-refractivity contribution in [3.8, 4) is 0 Å². The molecule has 0 saturated carbocycles. The molecule has 7 heteroatoms. The van der Waals surface area contributed by atoms with Crippen LogP contribution in [0.25, 0.3) is 10.8 Å². The number of hydrogen-bond acceptors (Lipinski definition) is 5. The van der Waals surface area contributed by atoms with E-state index < -0.39 is 0 Å². The Balaban J connectivity index is 1.63. The van der Waals surface area contributed by atoms with Gasteiger partial charge in [0.1, 0.15) is 5.76 Å². The van der Waals surface area contributed by atoms with Gasteiger partial charge in [-0.1, -0.05) is 18.2 Å². The Hall–Kier alpha value is -2.93. The van der Waals surface area contributed by atoms with Gasteiger partial charge in [-0.25, -0.2) is 4.68 Å². The van der Waals surface area contributed by atoms with Gasteiger partial charge in [0.05, 0.1) is 23.7 Å². The molecule has 0 radical (unpaired) electrons. The highest BCUT2D eigenvalue weighted by molar-refractivity contribution is 6.04. The molecule has 2 aromatic heterocycles. The minimum Gasteiger partial charge on any atom is -0.468 e. The van der Waals surface area contributed by atoms with Crippen LogP contribution in [-0.4, -0.2) is 40.2 Å². The summed E-state index contributed by atoms with van der Waals surface area (Å²) in [5.74, 6) is 0.559. The van der Waals surface area contributed by atoms with E-state index in [-0.39, 0.29) is 29.2 Å². The quantitative estimate of drug-likeness (QED) is 0.695. The number of likely N-dealkylation sites (tertiary alicyclic amines) is 1. The average Bonchev–Trinajstić information content (AvgIpc) is 3.43. The molecule has 1 N–H and O–H groups in total. The van der Waals surface area contributed by atoms with Crippen molar-refractivity contribution in [2.45, 2.75) is 38.8 Å². The van der Waals surface area contributed by atoms with Crippen molar-refractivity contribution in [2.24, 2.45) is 0 Å². The number of fused-ring (bicyclic) bond motifs is 1. The smallest absolute Gasteiger partial charge is 0.274 e. The van der Waals surface area contributed by atoms with Gasteiger partial charge in [-0.2, -0.15) is 5.10 Å². The molecule has 3 aromatic rings. The molecule has 1 amide bonds. The molecular weight excluding hydrogens is 368 g/mol. The van der Waals surface area contributed by atoms with Gasteiger partial charge in [-0.3, -0.25) is 14.5 Å². The Kier molecular flexibility index (Phi) is 5.49. The Labute approximate surface area is 169 Å². The first kappa shape index (κ1) is 19.4. The van der Waals surface area contributed by atoms with Crippen molar-refractivity contribution in [1.29, 1.82) is 0 Å². The van der Waals surface area contributed by atoms with Gasteiger partial charge in [-0.05, 0) is 58.0 Å². The monoisotopic (exact) mass is 394 g/mol. The number of nitrogens with zero attached hydrogens (tertiary/aromatic N) is 3. The summed E-state index contributed by atoms with van der Waals surface area (Å²) >= 11 is 0. The topological polar surface area (TPSA) is 80.4 Å². The van der Waals surface area contributed by atoms with Gasteiger partial charge < -0.3 is 9.73 Å². The maximum absolute atomic E-state index is 13.1. The van der Waals surface area contributed by atoms with Crippen molar-refractivity contribution in [1.82, 2.24) is 20.0 Å². The van der Waals surface area contributed by atoms with Gasteiger partial charge in [-0.15, -0.1) is 0 Å². The maximum atomic E-state index is 13.1. The summed E-state index contributed by atoms with van der Waals surface area (Å²) in [6.45, 7) is 6.15. The van der Waals surface area contributed by atoms with Crippen LogP contribution in [0.4, 0.5) is 0 Å². The van der Waals surface area contributed by atoms with Gasteiger partial charge in [0.25, 0.3) is 11.5 Å². The molecule has 3 heterocycles. The third kappa shape index (κ3) is 3.82. The zero-order chi connectivity index (χ0) is 20.4. The van der Waals surface area contributed by atoms with Crippen LogP contribution < -0.4 is 10.9 Å². The molecule has 0 bridgehead atoms. The van der Waals surface area contributed by atoms with Crippen molar-refractivity contribution in [3.05, 3.63) is 64.5 Å². The number of aromatic nitrogens is 2. The summed E-state index contributed by atoms with van der Waals surface area (Å²) in [6, 6.07) is 10.8. The Morgan fingerprint density at radius 1 is 1.14 bits per heavy atom. The lowest BCUT2D eigenvalue weighted by atomic mass is 10.1. The van der Waals surface area contributed by atoms with Gasteiger partial charge in [0.2, 0.25) is 0 Å². The molecule has 1 aliphatic rings. The first-order valence-corrected chi connectivity index (χ1v) is 10.1. The van der Waals surface area contributed by atoms with Crippen LogP contribution in [0.1, 0.15) is 55.0 Å². The fourth-order valence-electron chi connectivity index (χ4n) is 3.94. The number of furan rings is 1. The third-order valence-electron chi connectivity index (χ3n) is 5.44. The van der Waals surface area contributed by atoms with Crippen LogP contribution >= 0.6 is 0 Å². The fourth-order valence-corrected chi connectivity index (χ4v) is 3.94. The van der Waals surface area contributed by atoms with Crippen molar-refractivity contribution < 1.29 is 9.21 Å². The molecule has 1 fully saturated rings. The number of nitrogens with one attached hydrogen (secondary N) is 1. The first-order valence-electron chi connectivity index (χ1n) is 10.1. The van der Waals surface area contributed by atoms with Crippen molar-refractivity contribution in [3.63, 3.8) is 0 Å². The maximum Gasteiger partial charge on any atom is 0.274 e. The summed E-state index contributed by atoms with van der Waals surface area (Å²) in [6.07, 6.45) is 3.96. The van der Waals surface area contributed by atoms with Crippen molar-refractivity contribution in [2.75, 3.05) is 19.6 Å². The second-order valence-electron chi connectivity index (χ2n) is 7.72. The van der Waals surface area contributed by atoms with Crippen LogP contribution in [0.5, 0.6) is 0 Å². The van der Waals surface area contributed by atoms with Crippen LogP contribution in [0, 0.1) is 0 Å². The van der Waals surface area contributed by atoms with E-state index in [1.807, 2.05) is 32.0 Å². The lowest BCUT2D eigenvalue weighted by Crippen LogP contribution is -2.38. The van der Waals surface area contributed by atoms with E-state index in [0.29, 0.717) is 17.3 Å². The van der Waals surface area contributed by atoms with Crippen molar-refractivity contribution >= 4 is 16.7 Å². The molecule has 0 aliphatic carbocycles. The first-order chi connectivity index (χ1) is 14.1. The lowest BCUT2D eigenvalue weighted by Gasteiger charge is -2.26. The molecule has 1 saturated heterocycles. The average molecular weight is 394 g/mol. The van der Waals surface area contributed by atoms with Gasteiger partial charge in [0, 0.05) is 11.9 Å². The van der Waals surface area contributed by atoms with E-state index in [2.05, 4.69) is 15.3 Å². The Morgan fingerprint density at radius 3 is 2.52 bits per heavy atom. The molecule has 29 heavy (non-hydrogen) atoms. The standard InChI is InChI=1S/C22H26N4O3/c1-15(2)26-22(28)17-9-4-3-8-16(17)20(24-26)21(27)23-14-18(19-10-7-13-29-19)25-11-5-6-12-25/h3-4,7-10,13,15,18H,5-6,11-12,14H2,1-2H3,(H,23,27)/t18-/m0/s1. The highest BCUT2D eigenvalue weighted by atomic mass is 16.3. The molecule has 1 aliphatic heterocycles. The van der Waals surface area contributed by atoms with E-state index in [0.717, 1.165) is 31.7 Å². The highest BCUT2D eigenvalue weighted by Gasteiger charge is 2.27. The molecule has 4 rings (SSSR count). The second kappa shape index (κ2) is 8.21. The summed E-state index contributed by atoms with van der Waals surface area (Å²) < 4.78 is 7.01. The summed E-state index contributed by atoms with van der Waals surface area (Å²) in [5.41, 5.74) is 0.0891. The minimum absolute atomic E-state index is 0.0151. The van der Waals surface area contributed by atoms with Crippen LogP contribution in [0.3, 0.4) is 0 Å². The zero-order valence-corrected chi connectivity index (χ0v) is 16.8. The van der Waals surface area contributed by atoms with Gasteiger partial charge >= 0.3 is 0 Å². The van der Waals surface area contributed by atoms with E-state index in [1.54, 1.807) is 24.5 Å². The summed E-state index contributed by atoms with van der Waals surface area (Å²) in [5, 5.41) is 8.49. The molecule has 0 spiro atoms. The summed E-state index contributed by atoms with van der Waals surface area (Å²) in [4.78, 5) is 28.1. The summed E-state index contributed by atoms with van der Waals surface area (Å²) in [7, 11) is 0. The predicted molar refractivity (Wildman–Crippen MR) is 111 cm³/mol. The minimum atomic E-state index is -0.286. The number of benzene rings is 1. The Morgan fingerprint density at radius 2 is 1.86 bits per heavy atom. The molecule has 1 atom stereocenters. The molecule has 1 aromatic carbocycles. The van der Waals surface area contributed by atoms with Crippen LogP contribution in [0.15, 0.2) is 51.9 Å². The normalized spacial score (nSPS) is 15.8. The SMILES string of the molecule is CC(C)n1nc(C(=O)NC[C@@H](c2ccco2)N2CCCC2)c2ccccc2c1=O. The molecular formula is C22H26N4O3. The number of rotatable bonds is 6. The highest BCUT2D eigenvalue weighted by Crippen LogP contribution is 2.25. The molecule has 7 nitrogen and oxygen atoms in total. The number of amides is 1. The second-order valence-corrected chi connectivity index (χ2v) is 7.72. The molecule has 152 valence electrons.